The van der Waals surface area contributed by atoms with E-state index in [1.165, 1.54) is 89.9 Å². The molecule has 0 aliphatic heterocycles. The van der Waals surface area contributed by atoms with Gasteiger partial charge < -0.3 is 14.2 Å². The van der Waals surface area contributed by atoms with Gasteiger partial charge in [0, 0.05) is 19.3 Å². The van der Waals surface area contributed by atoms with Crippen LogP contribution >= 0.6 is 0 Å². The van der Waals surface area contributed by atoms with E-state index in [0.29, 0.717) is 25.7 Å². The van der Waals surface area contributed by atoms with Crippen LogP contribution in [0.15, 0.2) is 146 Å². The smallest absolute Gasteiger partial charge is 0.306 e. The van der Waals surface area contributed by atoms with Crippen LogP contribution in [0.1, 0.15) is 278 Å². The van der Waals surface area contributed by atoms with Crippen molar-refractivity contribution in [1.29, 1.82) is 0 Å². The number of hydrogen-bond acceptors (Lipinski definition) is 6. The summed E-state index contributed by atoms with van der Waals surface area (Å²) in [6, 6.07) is 0. The molecule has 6 heteroatoms. The van der Waals surface area contributed by atoms with E-state index in [9.17, 15) is 14.4 Å². The maximum Gasteiger partial charge on any atom is 0.306 e. The lowest BCUT2D eigenvalue weighted by atomic mass is 10.0. The molecule has 0 N–H and O–H groups in total. The molecule has 0 bridgehead atoms. The molecule has 0 fully saturated rings. The van der Waals surface area contributed by atoms with Gasteiger partial charge in [0.1, 0.15) is 13.2 Å². The second-order valence-corrected chi connectivity index (χ2v) is 20.9. The minimum Gasteiger partial charge on any atom is -0.462 e. The highest BCUT2D eigenvalue weighted by Gasteiger charge is 2.19. The van der Waals surface area contributed by atoms with Crippen molar-refractivity contribution in [3.63, 3.8) is 0 Å². The average molecular weight is 1090 g/mol. The number of carbonyl (C=O) groups excluding carboxylic acids is 3. The van der Waals surface area contributed by atoms with Crippen LogP contribution in [0.5, 0.6) is 0 Å². The molecule has 0 amide bonds. The lowest BCUT2D eigenvalue weighted by molar-refractivity contribution is -0.167. The molecule has 0 aliphatic rings. The Balaban J connectivity index is 4.38. The Morgan fingerprint density at radius 3 is 0.835 bits per heavy atom. The zero-order valence-corrected chi connectivity index (χ0v) is 51.1. The molecule has 1 unspecified atom stereocenters. The maximum atomic E-state index is 12.9. The fourth-order valence-corrected chi connectivity index (χ4v) is 8.49. The minimum atomic E-state index is -0.807. The van der Waals surface area contributed by atoms with E-state index in [0.717, 1.165) is 141 Å². The summed E-state index contributed by atoms with van der Waals surface area (Å²) < 4.78 is 16.8. The molecule has 0 radical (unpaired) electrons. The van der Waals surface area contributed by atoms with E-state index in [-0.39, 0.29) is 31.1 Å². The fourth-order valence-electron chi connectivity index (χ4n) is 8.49. The minimum absolute atomic E-state index is 0.0995. The van der Waals surface area contributed by atoms with Crippen molar-refractivity contribution < 1.29 is 28.6 Å². The van der Waals surface area contributed by atoms with Crippen molar-refractivity contribution in [2.75, 3.05) is 13.2 Å². The Kier molecular flexibility index (Phi) is 61.9. The Morgan fingerprint density at radius 1 is 0.266 bits per heavy atom. The maximum absolute atomic E-state index is 12.9. The zero-order chi connectivity index (χ0) is 57.1. The van der Waals surface area contributed by atoms with Gasteiger partial charge in [0.05, 0.1) is 0 Å². The normalized spacial score (nSPS) is 13.1. The van der Waals surface area contributed by atoms with Crippen LogP contribution in [-0.2, 0) is 28.6 Å². The van der Waals surface area contributed by atoms with Crippen LogP contribution in [0.4, 0.5) is 0 Å². The molecule has 0 aromatic rings. The topological polar surface area (TPSA) is 78.9 Å². The molecule has 0 saturated carbocycles. The van der Waals surface area contributed by atoms with Gasteiger partial charge in [0.25, 0.3) is 0 Å². The molecular weight excluding hydrogens is 973 g/mol. The lowest BCUT2D eigenvalue weighted by Gasteiger charge is -2.18. The molecule has 0 aromatic carbocycles. The highest BCUT2D eigenvalue weighted by molar-refractivity contribution is 5.71. The van der Waals surface area contributed by atoms with Crippen LogP contribution in [-0.4, -0.2) is 37.2 Å². The number of ether oxygens (including phenoxy) is 3. The molecule has 0 rings (SSSR count). The van der Waals surface area contributed by atoms with Crippen molar-refractivity contribution >= 4 is 17.9 Å². The van der Waals surface area contributed by atoms with Crippen LogP contribution in [0.25, 0.3) is 0 Å². The molecule has 0 spiro atoms. The first-order chi connectivity index (χ1) is 39.0. The van der Waals surface area contributed by atoms with Crippen molar-refractivity contribution in [3.05, 3.63) is 146 Å². The van der Waals surface area contributed by atoms with Gasteiger partial charge in [-0.2, -0.15) is 0 Å². The molecule has 0 saturated heterocycles. The molecule has 446 valence electrons. The summed E-state index contributed by atoms with van der Waals surface area (Å²) in [7, 11) is 0. The Morgan fingerprint density at radius 2 is 0.506 bits per heavy atom. The second kappa shape index (κ2) is 65.8. The van der Waals surface area contributed by atoms with E-state index >= 15 is 0 Å². The summed E-state index contributed by atoms with van der Waals surface area (Å²) in [6.45, 7) is 6.44. The molecule has 0 aliphatic carbocycles. The number of unbranched alkanes of at least 4 members (excludes halogenated alkanes) is 22. The van der Waals surface area contributed by atoms with E-state index in [2.05, 4.69) is 167 Å². The zero-order valence-electron chi connectivity index (χ0n) is 51.1. The summed E-state index contributed by atoms with van der Waals surface area (Å²) in [6.07, 6.45) is 94.3. The third-order valence-electron chi connectivity index (χ3n) is 13.3. The van der Waals surface area contributed by atoms with Crippen molar-refractivity contribution in [3.8, 4) is 0 Å². The first-order valence-corrected chi connectivity index (χ1v) is 32.3. The molecule has 0 aromatic heterocycles. The van der Waals surface area contributed by atoms with Gasteiger partial charge in [0.15, 0.2) is 6.10 Å². The van der Waals surface area contributed by atoms with Gasteiger partial charge >= 0.3 is 17.9 Å². The van der Waals surface area contributed by atoms with Gasteiger partial charge in [-0.05, 0) is 122 Å². The predicted molar refractivity (Wildman–Crippen MR) is 343 cm³/mol. The third-order valence-corrected chi connectivity index (χ3v) is 13.3. The third kappa shape index (κ3) is 64.0. The van der Waals surface area contributed by atoms with Crippen LogP contribution in [0.2, 0.25) is 0 Å². The largest absolute Gasteiger partial charge is 0.462 e. The molecule has 79 heavy (non-hydrogen) atoms. The molecule has 0 heterocycles. The monoisotopic (exact) mass is 1090 g/mol. The van der Waals surface area contributed by atoms with Crippen LogP contribution in [0, 0.1) is 0 Å². The van der Waals surface area contributed by atoms with Gasteiger partial charge in [-0.1, -0.05) is 282 Å². The highest BCUT2D eigenvalue weighted by Crippen LogP contribution is 2.15. The SMILES string of the molecule is CC/C=C\C/C=C\C/C=C\C/C=C\C/C=C\C/C=C\C/C=C\C/C=C\C/C=C\C/C=C\CCCCC(=O)OCC(COC(=O)CCCCCCCCCCCCCCCC)OC(=O)CCCCCCC/C=C\C/C=C\CCCC. The molecule has 6 nitrogen and oxygen atoms in total. The predicted octanol–water partition coefficient (Wildman–Crippen LogP) is 22.3. The number of hydrogen-bond donors (Lipinski definition) is 0. The number of esters is 3. The summed E-state index contributed by atoms with van der Waals surface area (Å²) in [5.74, 6) is -0.959. The van der Waals surface area contributed by atoms with Crippen LogP contribution < -0.4 is 0 Å². The summed E-state index contributed by atoms with van der Waals surface area (Å²) in [5.41, 5.74) is 0. The lowest BCUT2D eigenvalue weighted by Crippen LogP contribution is -2.30. The first kappa shape index (κ1) is 74.3. The second-order valence-electron chi connectivity index (χ2n) is 20.9. The van der Waals surface area contributed by atoms with Crippen LogP contribution in [0.3, 0.4) is 0 Å². The van der Waals surface area contributed by atoms with E-state index in [1.54, 1.807) is 0 Å². The Hall–Kier alpha value is -4.71. The van der Waals surface area contributed by atoms with E-state index < -0.39 is 6.10 Å². The molecule has 1 atom stereocenters. The Labute approximate surface area is 487 Å². The van der Waals surface area contributed by atoms with E-state index in [4.69, 9.17) is 14.2 Å². The summed E-state index contributed by atoms with van der Waals surface area (Å²) in [5, 5.41) is 0. The average Bonchev–Trinajstić information content (AvgIpc) is 3.45. The van der Waals surface area contributed by atoms with Gasteiger partial charge in [-0.3, -0.25) is 14.4 Å². The Bertz CT molecular complexity index is 1730. The first-order valence-electron chi connectivity index (χ1n) is 32.3. The quantitative estimate of drug-likeness (QED) is 0.0261. The number of allylic oxidation sites excluding steroid dienone is 24. The highest BCUT2D eigenvalue weighted by atomic mass is 16.6. The van der Waals surface area contributed by atoms with Crippen molar-refractivity contribution in [1.82, 2.24) is 0 Å². The molecular formula is C73H118O6. The van der Waals surface area contributed by atoms with Gasteiger partial charge in [0.2, 0.25) is 0 Å². The standard InChI is InChI=1S/C73H118O6/c1-4-7-10-13-16-19-22-25-28-29-30-31-32-33-34-35-36-37-38-39-40-41-42-43-44-45-46-49-51-54-57-60-63-66-72(75)78-69-70(79-73(76)67-64-61-58-55-52-48-27-24-21-18-15-12-9-6-3)68-77-71(74)65-62-59-56-53-50-47-26-23-20-17-14-11-8-5-2/h7,10,15-16,18-19,24-25,27-28,30-31,33-34,36-37,39-40,42-43,45-46,51,54,70H,4-6,8-9,11-14,17,20-23,26,29,32,35,38,41,44,47-50,52-53,55-69H2,1-3H3/b10-7-,18-15-,19-16-,27-24-,28-25-,31-30-,34-33-,37-36-,40-39-,43-42-,46-45-,54-51-. The van der Waals surface area contributed by atoms with Gasteiger partial charge in [-0.25, -0.2) is 0 Å². The van der Waals surface area contributed by atoms with Crippen molar-refractivity contribution in [2.24, 2.45) is 0 Å². The summed E-state index contributed by atoms with van der Waals surface area (Å²) >= 11 is 0. The van der Waals surface area contributed by atoms with Gasteiger partial charge in [-0.15, -0.1) is 0 Å². The van der Waals surface area contributed by atoms with Crippen molar-refractivity contribution in [2.45, 2.75) is 284 Å². The van der Waals surface area contributed by atoms with E-state index in [1.807, 2.05) is 0 Å². The fraction of sp³-hybridized carbons (Fsp3) is 0.630. The summed E-state index contributed by atoms with van der Waals surface area (Å²) in [4.78, 5) is 38.2. The number of carbonyl (C=O) groups is 3. The number of rotatable bonds is 57.